The number of para-hydroxylation sites is 2. The Morgan fingerprint density at radius 3 is 2.67 bits per heavy atom. The van der Waals surface area contributed by atoms with E-state index in [4.69, 9.17) is 0 Å². The lowest BCUT2D eigenvalue weighted by Crippen LogP contribution is -2.32. The summed E-state index contributed by atoms with van der Waals surface area (Å²) >= 11 is 0. The molecule has 1 aromatic heterocycles. The molecule has 1 amide bonds. The molecule has 18 heavy (non-hydrogen) atoms. The van der Waals surface area contributed by atoms with Crippen molar-refractivity contribution in [1.82, 2.24) is 9.97 Å². The first-order valence-corrected chi connectivity index (χ1v) is 7.28. The van der Waals surface area contributed by atoms with Gasteiger partial charge < -0.3 is 4.98 Å². The number of benzene rings is 1. The molecular weight excluding hydrogens is 254 g/mol. The van der Waals surface area contributed by atoms with Crippen LogP contribution in [0.5, 0.6) is 0 Å². The number of carbonyl (C=O) groups is 1. The van der Waals surface area contributed by atoms with E-state index in [0.29, 0.717) is 5.52 Å². The van der Waals surface area contributed by atoms with Crippen LogP contribution in [0.4, 0.5) is 5.95 Å². The van der Waals surface area contributed by atoms with Crippen LogP contribution < -0.4 is 5.32 Å². The molecule has 1 heterocycles. The fraction of sp³-hybridized carbons (Fsp3) is 0.273. The summed E-state index contributed by atoms with van der Waals surface area (Å²) in [5, 5.41) is 1.35. The maximum absolute atomic E-state index is 11.7. The largest absolute Gasteiger partial charge is 0.324 e. The lowest BCUT2D eigenvalue weighted by atomic mass is 10.3. The van der Waals surface area contributed by atoms with Gasteiger partial charge in [0, 0.05) is 6.26 Å². The molecule has 1 aromatic carbocycles. The Labute approximate surface area is 104 Å². The monoisotopic (exact) mass is 267 g/mol. The van der Waals surface area contributed by atoms with Crippen LogP contribution >= 0.6 is 0 Å². The number of nitrogens with zero attached hydrogens (tertiary/aromatic N) is 1. The average Bonchev–Trinajstić information content (AvgIpc) is 2.68. The molecule has 0 bridgehead atoms. The first-order chi connectivity index (χ1) is 8.38. The van der Waals surface area contributed by atoms with Crippen LogP contribution in [-0.4, -0.2) is 35.8 Å². The number of rotatable bonds is 3. The van der Waals surface area contributed by atoms with Crippen LogP contribution in [-0.2, 0) is 14.6 Å². The maximum Gasteiger partial charge on any atom is 0.244 e. The molecule has 0 aliphatic heterocycles. The number of aromatic amines is 1. The Morgan fingerprint density at radius 1 is 1.39 bits per heavy atom. The third kappa shape index (κ3) is 2.51. The molecule has 0 fully saturated rings. The highest BCUT2D eigenvalue weighted by molar-refractivity contribution is 7.92. The molecule has 0 saturated carbocycles. The van der Waals surface area contributed by atoms with Crippen molar-refractivity contribution in [1.29, 1.82) is 0 Å². The van der Waals surface area contributed by atoms with Crippen LogP contribution in [0.2, 0.25) is 0 Å². The van der Waals surface area contributed by atoms with E-state index in [-0.39, 0.29) is 5.95 Å². The van der Waals surface area contributed by atoms with Gasteiger partial charge in [-0.2, -0.15) is 0 Å². The van der Waals surface area contributed by atoms with E-state index in [1.165, 1.54) is 6.92 Å². The summed E-state index contributed by atoms with van der Waals surface area (Å²) in [4.78, 5) is 18.7. The Kier molecular flexibility index (Phi) is 3.08. The van der Waals surface area contributed by atoms with Crippen LogP contribution in [0.3, 0.4) is 0 Å². The molecule has 2 rings (SSSR count). The second-order valence-electron chi connectivity index (χ2n) is 4.06. The van der Waals surface area contributed by atoms with Gasteiger partial charge in [0.1, 0.15) is 5.25 Å². The van der Waals surface area contributed by atoms with Gasteiger partial charge >= 0.3 is 0 Å². The van der Waals surface area contributed by atoms with Gasteiger partial charge in [-0.25, -0.2) is 13.4 Å². The highest BCUT2D eigenvalue weighted by atomic mass is 32.2. The number of H-pyrrole nitrogens is 1. The number of hydrogen-bond acceptors (Lipinski definition) is 4. The summed E-state index contributed by atoms with van der Waals surface area (Å²) < 4.78 is 22.5. The Morgan fingerprint density at radius 2 is 2.06 bits per heavy atom. The average molecular weight is 267 g/mol. The Bertz CT molecular complexity index is 657. The lowest BCUT2D eigenvalue weighted by Gasteiger charge is -2.07. The predicted molar refractivity (Wildman–Crippen MR) is 69.0 cm³/mol. The van der Waals surface area contributed by atoms with Crippen molar-refractivity contribution in [3.05, 3.63) is 24.3 Å². The van der Waals surface area contributed by atoms with E-state index in [0.717, 1.165) is 11.8 Å². The highest BCUT2D eigenvalue weighted by Crippen LogP contribution is 2.13. The zero-order valence-corrected chi connectivity index (χ0v) is 10.8. The van der Waals surface area contributed by atoms with Crippen molar-refractivity contribution < 1.29 is 13.2 Å². The molecule has 0 aliphatic rings. The second-order valence-corrected chi connectivity index (χ2v) is 6.43. The van der Waals surface area contributed by atoms with Gasteiger partial charge in [0.15, 0.2) is 9.84 Å². The summed E-state index contributed by atoms with van der Waals surface area (Å²) in [6.07, 6.45) is 1.02. The molecule has 96 valence electrons. The van der Waals surface area contributed by atoms with Gasteiger partial charge in [0.2, 0.25) is 11.9 Å². The SMILES string of the molecule is C[C@H](C(=O)Nc1nc2ccccc2[nH]1)S(C)(=O)=O. The number of nitrogens with one attached hydrogen (secondary N) is 2. The van der Waals surface area contributed by atoms with Gasteiger partial charge in [0.25, 0.3) is 0 Å². The molecule has 2 aromatic rings. The molecule has 0 aliphatic carbocycles. The zero-order valence-electron chi connectivity index (χ0n) is 9.97. The molecule has 0 saturated heterocycles. The van der Waals surface area contributed by atoms with E-state index in [9.17, 15) is 13.2 Å². The van der Waals surface area contributed by atoms with Gasteiger partial charge in [0.05, 0.1) is 11.0 Å². The van der Waals surface area contributed by atoms with E-state index in [2.05, 4.69) is 15.3 Å². The Hall–Kier alpha value is -1.89. The van der Waals surface area contributed by atoms with E-state index >= 15 is 0 Å². The topological polar surface area (TPSA) is 91.9 Å². The second kappa shape index (κ2) is 4.41. The minimum atomic E-state index is -3.41. The van der Waals surface area contributed by atoms with Gasteiger partial charge in [-0.1, -0.05) is 12.1 Å². The van der Waals surface area contributed by atoms with Gasteiger partial charge in [-0.15, -0.1) is 0 Å². The minimum absolute atomic E-state index is 0.247. The van der Waals surface area contributed by atoms with Crippen molar-refractivity contribution in [3.8, 4) is 0 Å². The van der Waals surface area contributed by atoms with Crippen LogP contribution in [0, 0.1) is 0 Å². The van der Waals surface area contributed by atoms with Gasteiger partial charge in [-0.3, -0.25) is 10.1 Å². The zero-order chi connectivity index (χ0) is 13.3. The molecule has 0 unspecified atom stereocenters. The Balaban J connectivity index is 2.22. The van der Waals surface area contributed by atoms with Crippen LogP contribution in [0.25, 0.3) is 11.0 Å². The van der Waals surface area contributed by atoms with Crippen molar-refractivity contribution in [3.63, 3.8) is 0 Å². The minimum Gasteiger partial charge on any atom is -0.324 e. The molecule has 6 nitrogen and oxygen atoms in total. The van der Waals surface area contributed by atoms with Crippen molar-refractivity contribution in [2.45, 2.75) is 12.2 Å². The number of imidazole rings is 1. The number of fused-ring (bicyclic) bond motifs is 1. The van der Waals surface area contributed by atoms with Crippen molar-refractivity contribution in [2.75, 3.05) is 11.6 Å². The summed E-state index contributed by atoms with van der Waals surface area (Å²) in [5.41, 5.74) is 1.49. The van der Waals surface area contributed by atoms with E-state index in [1.54, 1.807) is 6.07 Å². The molecule has 0 spiro atoms. The number of aromatic nitrogens is 2. The molecule has 0 radical (unpaired) electrons. The van der Waals surface area contributed by atoms with Gasteiger partial charge in [-0.05, 0) is 19.1 Å². The van der Waals surface area contributed by atoms with Crippen LogP contribution in [0.15, 0.2) is 24.3 Å². The molecule has 2 N–H and O–H groups in total. The number of carbonyl (C=O) groups excluding carboxylic acids is 1. The third-order valence-corrected chi connectivity index (χ3v) is 4.14. The predicted octanol–water partition coefficient (Wildman–Crippen LogP) is 0.934. The highest BCUT2D eigenvalue weighted by Gasteiger charge is 2.24. The molecular formula is C11H13N3O3S. The number of anilines is 1. The summed E-state index contributed by atoms with van der Waals surface area (Å²) in [5.74, 6) is -0.353. The summed E-state index contributed by atoms with van der Waals surface area (Å²) in [6, 6.07) is 7.28. The van der Waals surface area contributed by atoms with E-state index < -0.39 is 21.0 Å². The first-order valence-electron chi connectivity index (χ1n) is 5.32. The fourth-order valence-electron chi connectivity index (χ4n) is 1.42. The van der Waals surface area contributed by atoms with Crippen molar-refractivity contribution in [2.24, 2.45) is 0 Å². The summed E-state index contributed by atoms with van der Waals surface area (Å²) in [7, 11) is -3.41. The fourth-order valence-corrected chi connectivity index (χ4v) is 1.87. The quantitative estimate of drug-likeness (QED) is 0.865. The van der Waals surface area contributed by atoms with Crippen LogP contribution in [0.1, 0.15) is 6.92 Å². The van der Waals surface area contributed by atoms with Crippen molar-refractivity contribution >= 4 is 32.7 Å². The lowest BCUT2D eigenvalue weighted by molar-refractivity contribution is -0.115. The normalized spacial score (nSPS) is 13.4. The molecule has 7 heteroatoms. The summed E-state index contributed by atoms with van der Waals surface area (Å²) in [6.45, 7) is 1.34. The number of sulfone groups is 1. The number of hydrogen-bond donors (Lipinski definition) is 2. The third-order valence-electron chi connectivity index (χ3n) is 2.64. The molecule has 1 atom stereocenters. The maximum atomic E-state index is 11.7. The smallest absolute Gasteiger partial charge is 0.244 e. The standard InChI is InChI=1S/C11H13N3O3S/c1-7(18(2,16)17)10(15)14-11-12-8-5-3-4-6-9(8)13-11/h3-7H,1-2H3,(H2,12,13,14,15)/t7-/m1/s1. The first kappa shape index (κ1) is 12.6. The van der Waals surface area contributed by atoms with E-state index in [1.807, 2.05) is 18.2 Å². The number of amides is 1.